The normalized spacial score (nSPS) is 16.3. The molecule has 1 heterocycles. The average molecular weight is 265 g/mol. The Bertz CT molecular complexity index is 470. The fraction of sp³-hybridized carbons (Fsp3) is 0. The second kappa shape index (κ2) is 4.06. The summed E-state index contributed by atoms with van der Waals surface area (Å²) in [5.41, 5.74) is 0.220. The van der Waals surface area contributed by atoms with Crippen molar-refractivity contribution < 1.29 is 35.0 Å². The Balaban J connectivity index is 0.000000461. The van der Waals surface area contributed by atoms with Gasteiger partial charge in [-0.15, -0.1) is 0 Å². The van der Waals surface area contributed by atoms with Crippen LogP contribution >= 0.6 is 0 Å². The number of benzene rings is 1. The number of fused-ring (bicyclic) bond motifs is 1. The van der Waals surface area contributed by atoms with Crippen LogP contribution in [0.5, 0.6) is 0 Å². The van der Waals surface area contributed by atoms with Crippen LogP contribution in [0.4, 0.5) is 0 Å². The van der Waals surface area contributed by atoms with Gasteiger partial charge in [-0.1, -0.05) is 12.1 Å². The molecule has 0 aliphatic carbocycles. The van der Waals surface area contributed by atoms with Gasteiger partial charge in [-0.2, -0.15) is 0 Å². The third-order valence-corrected chi connectivity index (χ3v) is 3.04. The van der Waals surface area contributed by atoms with E-state index in [0.29, 0.717) is 0 Å². The second-order valence-corrected chi connectivity index (χ2v) is 4.08. The molecule has 14 heavy (non-hydrogen) atoms. The van der Waals surface area contributed by atoms with Crippen molar-refractivity contribution in [3.63, 3.8) is 0 Å². The molecule has 7 heteroatoms. The average Bonchev–Trinajstić information content (AvgIpc) is 2.42. The Morgan fingerprint density at radius 2 is 1.71 bits per heavy atom. The van der Waals surface area contributed by atoms with Crippen molar-refractivity contribution in [3.8, 4) is 0 Å². The quantitative estimate of drug-likeness (QED) is 0.669. The van der Waals surface area contributed by atoms with Crippen LogP contribution in [0.3, 0.4) is 0 Å². The number of rotatable bonds is 0. The number of hydrogen-bond donors (Lipinski definition) is 1. The molecule has 1 N–H and O–H groups in total. The van der Waals surface area contributed by atoms with Gasteiger partial charge >= 0.3 is 21.8 Å². The molecule has 0 saturated heterocycles. The molecule has 70 valence electrons. The third kappa shape index (κ3) is 1.78. The van der Waals surface area contributed by atoms with Gasteiger partial charge in [0, 0.05) is 0 Å². The summed E-state index contributed by atoms with van der Waals surface area (Å²) >= 11 is 0.125. The minimum atomic E-state index is -3.55. The molecule has 5 nitrogen and oxygen atoms in total. The molecule has 0 radical (unpaired) electrons. The Labute approximate surface area is 90.5 Å². The van der Waals surface area contributed by atoms with Crippen LogP contribution in [0, 0.1) is 0 Å². The molecule has 1 aliphatic heterocycles. The van der Waals surface area contributed by atoms with Crippen molar-refractivity contribution in [2.45, 2.75) is 4.90 Å². The summed E-state index contributed by atoms with van der Waals surface area (Å²) in [6.07, 6.45) is 0. The van der Waals surface area contributed by atoms with E-state index in [-0.39, 0.29) is 28.7 Å². The molecule has 0 spiro atoms. The van der Waals surface area contributed by atoms with Crippen molar-refractivity contribution in [2.24, 2.45) is 0 Å². The van der Waals surface area contributed by atoms with Crippen LogP contribution in [0.15, 0.2) is 29.2 Å². The molecule has 0 saturated carbocycles. The molecule has 1 aliphatic rings. The molecule has 0 atom stereocenters. The van der Waals surface area contributed by atoms with E-state index < -0.39 is 15.9 Å². The standard InChI is InChI=1S/C7H5NO3S.O.Zn/c9-7-5-3-1-2-4-6(5)12(10,11)8-7;;/h1-4H,(H,8,9);;. The molecular formula is C7H5NO4SZn. The summed E-state index contributed by atoms with van der Waals surface area (Å²) in [6.45, 7) is 0. The van der Waals surface area contributed by atoms with Gasteiger partial charge in [-0.25, -0.2) is 13.1 Å². The molecule has 0 bridgehead atoms. The Morgan fingerprint density at radius 3 is 2.29 bits per heavy atom. The van der Waals surface area contributed by atoms with Gasteiger partial charge in [0.25, 0.3) is 15.9 Å². The van der Waals surface area contributed by atoms with E-state index in [9.17, 15) is 13.2 Å². The molecule has 1 aromatic carbocycles. The first-order chi connectivity index (χ1) is 6.61. The van der Waals surface area contributed by atoms with E-state index in [1.165, 1.54) is 12.1 Å². The van der Waals surface area contributed by atoms with E-state index in [1.54, 1.807) is 12.1 Å². The van der Waals surface area contributed by atoms with Crippen LogP contribution in [0.25, 0.3) is 0 Å². The fourth-order valence-electron chi connectivity index (χ4n) is 1.12. The zero-order valence-electron chi connectivity index (χ0n) is 7.06. The topological polar surface area (TPSA) is 80.3 Å². The molecule has 2 rings (SSSR count). The third-order valence-electron chi connectivity index (χ3n) is 1.65. The summed E-state index contributed by atoms with van der Waals surface area (Å²) < 4.78 is 32.5. The van der Waals surface area contributed by atoms with Crippen LogP contribution in [0.2, 0.25) is 0 Å². The fourth-order valence-corrected chi connectivity index (χ4v) is 2.29. The predicted octanol–water partition coefficient (Wildman–Crippen LogP) is -0.00260. The Kier molecular flexibility index (Phi) is 3.23. The summed E-state index contributed by atoms with van der Waals surface area (Å²) in [7, 11) is -3.55. The van der Waals surface area contributed by atoms with Gasteiger partial charge in [0.2, 0.25) is 0 Å². The van der Waals surface area contributed by atoms with E-state index >= 15 is 0 Å². The van der Waals surface area contributed by atoms with Crippen LogP contribution in [0.1, 0.15) is 10.4 Å². The van der Waals surface area contributed by atoms with Crippen molar-refractivity contribution in [2.75, 3.05) is 0 Å². The van der Waals surface area contributed by atoms with Gasteiger partial charge in [0.1, 0.15) is 4.90 Å². The SMILES string of the molecule is O=C1NS(=O)(=O)c2ccccc21.[O]=[Zn]. The Hall–Kier alpha value is -0.937. The van der Waals surface area contributed by atoms with Gasteiger partial charge in [0.05, 0.1) is 5.56 Å². The van der Waals surface area contributed by atoms with Crippen molar-refractivity contribution in [1.29, 1.82) is 0 Å². The van der Waals surface area contributed by atoms with Gasteiger partial charge in [-0.05, 0) is 12.1 Å². The number of sulfonamides is 1. The van der Waals surface area contributed by atoms with Gasteiger partial charge in [-0.3, -0.25) is 4.79 Å². The van der Waals surface area contributed by atoms with E-state index in [2.05, 4.69) is 0 Å². The minimum absolute atomic E-state index is 0.0648. The monoisotopic (exact) mass is 263 g/mol. The number of hydrogen-bond acceptors (Lipinski definition) is 4. The van der Waals surface area contributed by atoms with Gasteiger partial charge in [0.15, 0.2) is 0 Å². The Morgan fingerprint density at radius 1 is 1.14 bits per heavy atom. The maximum absolute atomic E-state index is 11.1. The molecule has 0 aromatic heterocycles. The first-order valence-electron chi connectivity index (χ1n) is 3.56. The van der Waals surface area contributed by atoms with Crippen molar-refractivity contribution >= 4 is 15.9 Å². The summed E-state index contributed by atoms with van der Waals surface area (Å²) in [4.78, 5) is 11.1. The van der Waals surface area contributed by atoms with Crippen LogP contribution in [-0.4, -0.2) is 14.3 Å². The van der Waals surface area contributed by atoms with Crippen molar-refractivity contribution in [3.05, 3.63) is 29.8 Å². The molecule has 1 amide bonds. The zero-order valence-corrected chi connectivity index (χ0v) is 10.8. The maximum atomic E-state index is 11.1. The summed E-state index contributed by atoms with van der Waals surface area (Å²) in [5, 5.41) is 0. The van der Waals surface area contributed by atoms with Crippen LogP contribution in [-0.2, 0) is 31.8 Å². The number of carbonyl (C=O) groups is 1. The first kappa shape index (κ1) is 11.1. The molecule has 0 unspecified atom stereocenters. The van der Waals surface area contributed by atoms with Crippen LogP contribution < -0.4 is 4.72 Å². The first-order valence-corrected chi connectivity index (χ1v) is 6.26. The second-order valence-electron chi connectivity index (χ2n) is 2.43. The van der Waals surface area contributed by atoms with E-state index in [1.807, 2.05) is 4.72 Å². The number of nitrogens with one attached hydrogen (secondary N) is 1. The molecule has 0 fully saturated rings. The number of carbonyl (C=O) groups excluding carboxylic acids is 1. The van der Waals surface area contributed by atoms with Gasteiger partial charge < -0.3 is 0 Å². The van der Waals surface area contributed by atoms with E-state index in [0.717, 1.165) is 0 Å². The predicted molar refractivity (Wildman–Crippen MR) is 41.8 cm³/mol. The number of amides is 1. The van der Waals surface area contributed by atoms with E-state index in [4.69, 9.17) is 3.57 Å². The van der Waals surface area contributed by atoms with Crippen molar-refractivity contribution in [1.82, 2.24) is 4.72 Å². The zero-order chi connectivity index (χ0) is 10.8. The summed E-state index contributed by atoms with van der Waals surface area (Å²) in [5.74, 6) is -0.550. The molecule has 1 aromatic rings. The molecular weight excluding hydrogens is 260 g/mol. The summed E-state index contributed by atoms with van der Waals surface area (Å²) in [6, 6.07) is 6.09.